The number of anilines is 2. The van der Waals surface area contributed by atoms with Crippen molar-refractivity contribution >= 4 is 11.4 Å². The Labute approximate surface area is 91.3 Å². The maximum absolute atomic E-state index is 3.55. The van der Waals surface area contributed by atoms with Crippen molar-refractivity contribution < 1.29 is 0 Å². The molecule has 80 valence electrons. The molecule has 2 nitrogen and oxygen atoms in total. The van der Waals surface area contributed by atoms with Gasteiger partial charge in [0.25, 0.3) is 0 Å². The van der Waals surface area contributed by atoms with Crippen molar-refractivity contribution in [3.8, 4) is 0 Å². The number of nitrogens with one attached hydrogen (secondary N) is 1. The molecular formula is C13H18N2. The second-order valence-electron chi connectivity index (χ2n) is 4.59. The average Bonchev–Trinajstić information content (AvgIpc) is 2.54. The number of hydrogen-bond donors (Lipinski definition) is 1. The first-order valence-corrected chi connectivity index (χ1v) is 6.05. The first-order valence-electron chi connectivity index (χ1n) is 6.05. The fraction of sp³-hybridized carbons (Fsp3) is 0.538. The molecule has 0 spiro atoms. The minimum absolute atomic E-state index is 0.724. The summed E-state index contributed by atoms with van der Waals surface area (Å²) in [5.74, 6) is 0. The van der Waals surface area contributed by atoms with Gasteiger partial charge in [0.15, 0.2) is 0 Å². The molecule has 2 heterocycles. The van der Waals surface area contributed by atoms with Crippen LogP contribution in [0.3, 0.4) is 0 Å². The Morgan fingerprint density at radius 3 is 3.07 bits per heavy atom. The Hall–Kier alpha value is -1.18. The van der Waals surface area contributed by atoms with Crippen LogP contribution in [-0.2, 0) is 0 Å². The third kappa shape index (κ3) is 1.58. The van der Waals surface area contributed by atoms with E-state index in [0.717, 1.165) is 12.6 Å². The van der Waals surface area contributed by atoms with E-state index in [1.807, 2.05) is 0 Å². The molecule has 2 heteroatoms. The lowest BCUT2D eigenvalue weighted by atomic mass is 10.1. The van der Waals surface area contributed by atoms with E-state index < -0.39 is 0 Å². The Bertz CT molecular complexity index is 348. The highest BCUT2D eigenvalue weighted by atomic mass is 15.2. The lowest BCUT2D eigenvalue weighted by Gasteiger charge is -2.38. The highest BCUT2D eigenvalue weighted by molar-refractivity contribution is 5.72. The molecule has 1 fully saturated rings. The van der Waals surface area contributed by atoms with Crippen LogP contribution in [0, 0.1) is 0 Å². The van der Waals surface area contributed by atoms with Crippen LogP contribution in [0.15, 0.2) is 24.3 Å². The monoisotopic (exact) mass is 202 g/mol. The molecule has 1 atom stereocenters. The van der Waals surface area contributed by atoms with Gasteiger partial charge >= 0.3 is 0 Å². The molecule has 1 aromatic rings. The van der Waals surface area contributed by atoms with E-state index in [2.05, 4.69) is 34.5 Å². The van der Waals surface area contributed by atoms with Crippen LogP contribution in [0.1, 0.15) is 25.7 Å². The van der Waals surface area contributed by atoms with Crippen LogP contribution in [0.5, 0.6) is 0 Å². The summed E-state index contributed by atoms with van der Waals surface area (Å²) in [6, 6.07) is 9.43. The maximum atomic E-state index is 3.55. The summed E-state index contributed by atoms with van der Waals surface area (Å²) in [6.07, 6.45) is 5.49. The summed E-state index contributed by atoms with van der Waals surface area (Å²) < 4.78 is 0. The van der Waals surface area contributed by atoms with Gasteiger partial charge in [0.2, 0.25) is 0 Å². The van der Waals surface area contributed by atoms with Gasteiger partial charge in [0.1, 0.15) is 0 Å². The van der Waals surface area contributed by atoms with Crippen molar-refractivity contribution in [3.05, 3.63) is 24.3 Å². The van der Waals surface area contributed by atoms with Gasteiger partial charge in [0, 0.05) is 19.1 Å². The van der Waals surface area contributed by atoms with Gasteiger partial charge < -0.3 is 10.2 Å². The number of nitrogens with zero attached hydrogens (tertiary/aromatic N) is 1. The Morgan fingerprint density at radius 2 is 2.07 bits per heavy atom. The summed E-state index contributed by atoms with van der Waals surface area (Å²) in [4.78, 5) is 2.61. The van der Waals surface area contributed by atoms with Gasteiger partial charge in [-0.05, 0) is 25.0 Å². The number of rotatable bonds is 0. The molecule has 2 aliphatic rings. The second kappa shape index (κ2) is 3.76. The number of fused-ring (bicyclic) bond motifs is 3. The molecule has 1 saturated heterocycles. The lowest BCUT2D eigenvalue weighted by molar-refractivity contribution is 0.583. The molecule has 1 aromatic carbocycles. The van der Waals surface area contributed by atoms with Gasteiger partial charge in [-0.1, -0.05) is 25.0 Å². The highest BCUT2D eigenvalue weighted by Gasteiger charge is 2.26. The maximum Gasteiger partial charge on any atom is 0.0605 e. The summed E-state index contributed by atoms with van der Waals surface area (Å²) in [5, 5.41) is 3.55. The molecule has 2 aliphatic heterocycles. The number of benzene rings is 1. The van der Waals surface area contributed by atoms with Crippen LogP contribution in [-0.4, -0.2) is 19.1 Å². The van der Waals surface area contributed by atoms with Gasteiger partial charge in [0.05, 0.1) is 11.4 Å². The highest BCUT2D eigenvalue weighted by Crippen LogP contribution is 2.34. The van der Waals surface area contributed by atoms with Crippen molar-refractivity contribution in [2.75, 3.05) is 23.3 Å². The van der Waals surface area contributed by atoms with Crippen LogP contribution in [0.4, 0.5) is 11.4 Å². The first kappa shape index (κ1) is 9.08. The molecule has 0 saturated carbocycles. The molecule has 0 unspecified atom stereocenters. The molecule has 3 rings (SSSR count). The van der Waals surface area contributed by atoms with Gasteiger partial charge in [-0.2, -0.15) is 0 Å². The van der Waals surface area contributed by atoms with E-state index in [9.17, 15) is 0 Å². The van der Waals surface area contributed by atoms with E-state index in [1.54, 1.807) is 0 Å². The standard InChI is InChI=1S/C13H18N2/c1-2-6-11-10-14-12-7-3-4-8-13(12)15(11)9-5-1/h3-4,7-8,11,14H,1-2,5-6,9-10H2/t11-/m0/s1. The molecule has 0 bridgehead atoms. The Kier molecular flexibility index (Phi) is 2.28. The molecule has 0 aliphatic carbocycles. The Morgan fingerprint density at radius 1 is 1.13 bits per heavy atom. The molecule has 1 N–H and O–H groups in total. The van der Waals surface area contributed by atoms with E-state index in [1.165, 1.54) is 43.6 Å². The second-order valence-corrected chi connectivity index (χ2v) is 4.59. The first-order chi connectivity index (χ1) is 7.45. The van der Waals surface area contributed by atoms with Crippen molar-refractivity contribution in [1.82, 2.24) is 0 Å². The van der Waals surface area contributed by atoms with E-state index in [4.69, 9.17) is 0 Å². The van der Waals surface area contributed by atoms with Crippen LogP contribution in [0.2, 0.25) is 0 Å². The van der Waals surface area contributed by atoms with Crippen molar-refractivity contribution in [3.63, 3.8) is 0 Å². The normalized spacial score (nSPS) is 24.8. The van der Waals surface area contributed by atoms with Gasteiger partial charge in [-0.25, -0.2) is 0 Å². The van der Waals surface area contributed by atoms with E-state index >= 15 is 0 Å². The third-order valence-corrected chi connectivity index (χ3v) is 3.62. The quantitative estimate of drug-likeness (QED) is 0.696. The average molecular weight is 202 g/mol. The van der Waals surface area contributed by atoms with Crippen LogP contribution < -0.4 is 10.2 Å². The number of hydrogen-bond acceptors (Lipinski definition) is 2. The molecule has 0 amide bonds. The van der Waals surface area contributed by atoms with Crippen molar-refractivity contribution in [1.29, 1.82) is 0 Å². The van der Waals surface area contributed by atoms with Crippen LogP contribution >= 0.6 is 0 Å². The zero-order valence-electron chi connectivity index (χ0n) is 9.08. The molecule has 0 aromatic heterocycles. The van der Waals surface area contributed by atoms with Gasteiger partial charge in [-0.15, -0.1) is 0 Å². The minimum atomic E-state index is 0.724. The smallest absolute Gasteiger partial charge is 0.0605 e. The largest absolute Gasteiger partial charge is 0.381 e. The molecular weight excluding hydrogens is 184 g/mol. The summed E-state index contributed by atoms with van der Waals surface area (Å²) >= 11 is 0. The van der Waals surface area contributed by atoms with Crippen molar-refractivity contribution in [2.24, 2.45) is 0 Å². The molecule has 15 heavy (non-hydrogen) atoms. The van der Waals surface area contributed by atoms with Crippen molar-refractivity contribution in [2.45, 2.75) is 31.7 Å². The zero-order chi connectivity index (χ0) is 10.1. The molecule has 0 radical (unpaired) electrons. The SMILES string of the molecule is c1ccc2c(c1)NC[C@@H]1CCCCCN21. The fourth-order valence-electron chi connectivity index (χ4n) is 2.81. The fourth-order valence-corrected chi connectivity index (χ4v) is 2.81. The zero-order valence-corrected chi connectivity index (χ0v) is 9.08. The summed E-state index contributed by atoms with van der Waals surface area (Å²) in [6.45, 7) is 2.36. The summed E-state index contributed by atoms with van der Waals surface area (Å²) in [7, 11) is 0. The minimum Gasteiger partial charge on any atom is -0.381 e. The van der Waals surface area contributed by atoms with Gasteiger partial charge in [-0.3, -0.25) is 0 Å². The lowest BCUT2D eigenvalue weighted by Crippen LogP contribution is -2.43. The predicted molar refractivity (Wildman–Crippen MR) is 64.5 cm³/mol. The number of para-hydroxylation sites is 2. The predicted octanol–water partition coefficient (Wildman–Crippen LogP) is 2.86. The summed E-state index contributed by atoms with van der Waals surface area (Å²) in [5.41, 5.74) is 2.73. The Balaban J connectivity index is 1.96. The topological polar surface area (TPSA) is 15.3 Å². The van der Waals surface area contributed by atoms with E-state index in [0.29, 0.717) is 0 Å². The van der Waals surface area contributed by atoms with E-state index in [-0.39, 0.29) is 0 Å². The third-order valence-electron chi connectivity index (χ3n) is 3.62. The van der Waals surface area contributed by atoms with Crippen LogP contribution in [0.25, 0.3) is 0 Å².